The lowest BCUT2D eigenvalue weighted by Crippen LogP contribution is -2.37. The minimum Gasteiger partial charge on any atom is -0.247 e. The Kier molecular flexibility index (Phi) is 4.61. The van der Waals surface area contributed by atoms with Gasteiger partial charge in [-0.25, -0.2) is 8.78 Å². The first-order valence-electron chi connectivity index (χ1n) is 8.32. The first-order valence-corrected chi connectivity index (χ1v) is 8.32. The third-order valence-corrected chi connectivity index (χ3v) is 5.20. The second kappa shape index (κ2) is 6.66. The van der Waals surface area contributed by atoms with Crippen molar-refractivity contribution in [2.24, 2.45) is 11.8 Å². The van der Waals surface area contributed by atoms with Gasteiger partial charge in [0.2, 0.25) is 0 Å². The number of halogens is 2. The topological polar surface area (TPSA) is 23.8 Å². The molecule has 2 aromatic carbocycles. The monoisotopic (exact) mass is 313 g/mol. The van der Waals surface area contributed by atoms with Crippen LogP contribution in [0.5, 0.6) is 0 Å². The molecule has 0 spiro atoms. The fourth-order valence-corrected chi connectivity index (χ4v) is 4.04. The molecular formula is C20H21F2N. The van der Waals surface area contributed by atoms with Crippen molar-refractivity contribution >= 4 is 10.8 Å². The Labute approximate surface area is 135 Å². The molecule has 1 saturated carbocycles. The smallest absolute Gasteiger partial charge is 0.116 e. The van der Waals surface area contributed by atoms with Crippen LogP contribution in [0.15, 0.2) is 42.5 Å². The fraction of sp³-hybridized carbons (Fsp3) is 0.450. The van der Waals surface area contributed by atoms with Crippen LogP contribution in [-0.4, -0.2) is 12.3 Å². The zero-order valence-corrected chi connectivity index (χ0v) is 13.3. The largest absolute Gasteiger partial charge is 0.247 e. The minimum atomic E-state index is -1.18. The SMILES string of the molecule is CCC(F)C1CCC(F)C(C#N)C1c1cccc2ccccc12. The lowest BCUT2D eigenvalue weighted by atomic mass is 9.66. The summed E-state index contributed by atoms with van der Waals surface area (Å²) in [4.78, 5) is 0. The number of hydrogen-bond donors (Lipinski definition) is 0. The molecule has 0 heterocycles. The average Bonchev–Trinajstić information content (AvgIpc) is 2.60. The molecule has 5 atom stereocenters. The highest BCUT2D eigenvalue weighted by Crippen LogP contribution is 2.47. The molecule has 1 nitrogen and oxygen atoms in total. The van der Waals surface area contributed by atoms with E-state index in [0.29, 0.717) is 12.8 Å². The number of benzene rings is 2. The van der Waals surface area contributed by atoms with Crippen LogP contribution in [0.2, 0.25) is 0 Å². The molecule has 1 fully saturated rings. The van der Waals surface area contributed by atoms with Gasteiger partial charge in [0, 0.05) is 5.92 Å². The van der Waals surface area contributed by atoms with E-state index in [4.69, 9.17) is 0 Å². The molecule has 0 bridgehead atoms. The van der Waals surface area contributed by atoms with Crippen molar-refractivity contribution in [1.29, 1.82) is 5.26 Å². The van der Waals surface area contributed by atoms with Gasteiger partial charge in [-0.2, -0.15) is 5.26 Å². The van der Waals surface area contributed by atoms with E-state index >= 15 is 0 Å². The molecule has 0 radical (unpaired) electrons. The lowest BCUT2D eigenvalue weighted by Gasteiger charge is -2.39. The molecule has 0 N–H and O–H groups in total. The predicted octanol–water partition coefficient (Wildman–Crippen LogP) is 5.56. The van der Waals surface area contributed by atoms with Crippen LogP contribution in [0.4, 0.5) is 8.78 Å². The van der Waals surface area contributed by atoms with E-state index in [1.807, 2.05) is 49.4 Å². The van der Waals surface area contributed by atoms with Gasteiger partial charge in [0.1, 0.15) is 12.3 Å². The van der Waals surface area contributed by atoms with E-state index in [0.717, 1.165) is 16.3 Å². The van der Waals surface area contributed by atoms with Gasteiger partial charge in [-0.05, 0) is 41.5 Å². The van der Waals surface area contributed by atoms with Gasteiger partial charge in [0.15, 0.2) is 0 Å². The number of alkyl halides is 2. The van der Waals surface area contributed by atoms with Gasteiger partial charge < -0.3 is 0 Å². The molecule has 0 aliphatic heterocycles. The van der Waals surface area contributed by atoms with Crippen molar-refractivity contribution in [3.8, 4) is 6.07 Å². The third kappa shape index (κ3) is 2.83. The number of rotatable bonds is 3. The Hall–Kier alpha value is -1.95. The molecule has 0 saturated heterocycles. The van der Waals surface area contributed by atoms with E-state index < -0.39 is 18.3 Å². The number of nitriles is 1. The van der Waals surface area contributed by atoms with Crippen LogP contribution < -0.4 is 0 Å². The van der Waals surface area contributed by atoms with Gasteiger partial charge in [-0.3, -0.25) is 0 Å². The summed E-state index contributed by atoms with van der Waals surface area (Å²) in [5.41, 5.74) is 0.915. The van der Waals surface area contributed by atoms with Gasteiger partial charge in [-0.15, -0.1) is 0 Å². The maximum Gasteiger partial charge on any atom is 0.116 e. The van der Waals surface area contributed by atoms with Crippen LogP contribution >= 0.6 is 0 Å². The molecule has 2 aromatic rings. The summed E-state index contributed by atoms with van der Waals surface area (Å²) >= 11 is 0. The Balaban J connectivity index is 2.15. The zero-order valence-electron chi connectivity index (χ0n) is 13.3. The zero-order chi connectivity index (χ0) is 16.4. The van der Waals surface area contributed by atoms with Crippen molar-refractivity contribution in [3.63, 3.8) is 0 Å². The Morgan fingerprint density at radius 2 is 1.91 bits per heavy atom. The van der Waals surface area contributed by atoms with Crippen LogP contribution in [0, 0.1) is 23.2 Å². The van der Waals surface area contributed by atoms with Crippen LogP contribution in [0.3, 0.4) is 0 Å². The average molecular weight is 313 g/mol. The first-order chi connectivity index (χ1) is 11.2. The second-order valence-corrected chi connectivity index (χ2v) is 6.43. The second-order valence-electron chi connectivity index (χ2n) is 6.43. The summed E-state index contributed by atoms with van der Waals surface area (Å²) in [6.07, 6.45) is -0.986. The number of hydrogen-bond acceptors (Lipinski definition) is 1. The normalized spacial score (nSPS) is 29.1. The minimum absolute atomic E-state index is 0.282. The molecular weight excluding hydrogens is 292 g/mol. The molecule has 3 rings (SSSR count). The van der Waals surface area contributed by atoms with Crippen LogP contribution in [0.1, 0.15) is 37.7 Å². The van der Waals surface area contributed by atoms with E-state index in [2.05, 4.69) is 6.07 Å². The van der Waals surface area contributed by atoms with Gasteiger partial charge in [0.05, 0.1) is 12.0 Å². The number of fused-ring (bicyclic) bond motifs is 1. The van der Waals surface area contributed by atoms with Crippen LogP contribution in [-0.2, 0) is 0 Å². The highest BCUT2D eigenvalue weighted by atomic mass is 19.1. The molecule has 0 amide bonds. The molecule has 1 aliphatic rings. The Morgan fingerprint density at radius 1 is 1.17 bits per heavy atom. The summed E-state index contributed by atoms with van der Waals surface area (Å²) in [5, 5.41) is 11.6. The Morgan fingerprint density at radius 3 is 2.65 bits per heavy atom. The summed E-state index contributed by atoms with van der Waals surface area (Å²) in [7, 11) is 0. The van der Waals surface area contributed by atoms with Gasteiger partial charge in [0.25, 0.3) is 0 Å². The molecule has 0 aromatic heterocycles. The summed E-state index contributed by atoms with van der Waals surface area (Å²) < 4.78 is 28.9. The van der Waals surface area contributed by atoms with Crippen molar-refractivity contribution in [2.45, 2.75) is 44.4 Å². The molecule has 3 heteroatoms. The fourth-order valence-electron chi connectivity index (χ4n) is 4.04. The highest BCUT2D eigenvalue weighted by Gasteiger charge is 2.44. The molecule has 5 unspecified atom stereocenters. The quantitative estimate of drug-likeness (QED) is 0.728. The molecule has 23 heavy (non-hydrogen) atoms. The molecule has 120 valence electrons. The first kappa shape index (κ1) is 15.9. The predicted molar refractivity (Wildman–Crippen MR) is 88.6 cm³/mol. The maximum atomic E-state index is 14.6. The van der Waals surface area contributed by atoms with Crippen molar-refractivity contribution in [3.05, 3.63) is 48.0 Å². The third-order valence-electron chi connectivity index (χ3n) is 5.20. The van der Waals surface area contributed by atoms with E-state index in [9.17, 15) is 14.0 Å². The van der Waals surface area contributed by atoms with Gasteiger partial charge in [-0.1, -0.05) is 49.4 Å². The summed E-state index contributed by atoms with van der Waals surface area (Å²) in [5.74, 6) is -1.45. The van der Waals surface area contributed by atoms with E-state index in [1.165, 1.54) is 0 Å². The maximum absolute atomic E-state index is 14.6. The summed E-state index contributed by atoms with van der Waals surface area (Å²) in [6, 6.07) is 15.9. The standard InChI is InChI=1S/C20H21F2N/c1-2-18(21)16-10-11-19(22)17(12-23)20(16)15-9-5-7-13-6-3-4-8-14(13)15/h3-9,16-20H,2,10-11H2,1H3. The van der Waals surface area contributed by atoms with Gasteiger partial charge >= 0.3 is 0 Å². The van der Waals surface area contributed by atoms with Crippen molar-refractivity contribution < 1.29 is 8.78 Å². The summed E-state index contributed by atoms with van der Waals surface area (Å²) in [6.45, 7) is 1.81. The lowest BCUT2D eigenvalue weighted by molar-refractivity contribution is 0.0798. The van der Waals surface area contributed by atoms with E-state index in [1.54, 1.807) is 0 Å². The van der Waals surface area contributed by atoms with Crippen LogP contribution in [0.25, 0.3) is 10.8 Å². The van der Waals surface area contributed by atoms with Crippen molar-refractivity contribution in [2.75, 3.05) is 0 Å². The highest BCUT2D eigenvalue weighted by molar-refractivity contribution is 5.86. The number of nitrogens with zero attached hydrogens (tertiary/aromatic N) is 1. The van der Waals surface area contributed by atoms with Crippen molar-refractivity contribution in [1.82, 2.24) is 0 Å². The Bertz CT molecular complexity index is 716. The van der Waals surface area contributed by atoms with E-state index in [-0.39, 0.29) is 18.3 Å². The molecule has 1 aliphatic carbocycles.